The molecule has 0 atom stereocenters. The summed E-state index contributed by atoms with van der Waals surface area (Å²) < 4.78 is 27.6. The van der Waals surface area contributed by atoms with Crippen molar-refractivity contribution in [3.63, 3.8) is 0 Å². The maximum absolute atomic E-state index is 12.6. The molecule has 2 N–H and O–H groups in total. The summed E-state index contributed by atoms with van der Waals surface area (Å²) in [5.41, 5.74) is 4.83. The first kappa shape index (κ1) is 25.1. The van der Waals surface area contributed by atoms with Crippen molar-refractivity contribution >= 4 is 39.3 Å². The number of sulfonamides is 1. The van der Waals surface area contributed by atoms with Gasteiger partial charge in [-0.05, 0) is 76.1 Å². The lowest BCUT2D eigenvalue weighted by Gasteiger charge is -2.11. The number of amides is 1. The van der Waals surface area contributed by atoms with E-state index in [0.29, 0.717) is 27.7 Å². The largest absolute Gasteiger partial charge is 0.325 e. The smallest absolute Gasteiger partial charge is 0.264 e. The van der Waals surface area contributed by atoms with Crippen LogP contribution in [0, 0.1) is 45.9 Å². The number of hydrogen-bond acceptors (Lipinski definition) is 8. The number of nitriles is 1. The van der Waals surface area contributed by atoms with Gasteiger partial charge in [-0.15, -0.1) is 0 Å². The molecule has 9 nitrogen and oxygen atoms in total. The standard InChI is InChI=1S/C23H24N6O3S2/c1-13-10-14(2)26-23(25-13)29-34(31,32)19-8-6-18(7-9-19)28-21(30)12-33-22-20(11-24)16(4)15(3)17(5)27-22/h6-10H,12H2,1-5H3,(H,28,30)(H,25,26,29). The number of nitrogens with one attached hydrogen (secondary N) is 2. The van der Waals surface area contributed by atoms with E-state index in [2.05, 4.69) is 31.1 Å². The molecule has 11 heteroatoms. The number of hydrogen-bond donors (Lipinski definition) is 2. The number of anilines is 2. The highest BCUT2D eigenvalue weighted by molar-refractivity contribution is 8.00. The zero-order valence-corrected chi connectivity index (χ0v) is 21.1. The molecule has 0 spiro atoms. The first-order valence-electron chi connectivity index (χ1n) is 10.3. The number of aromatic nitrogens is 3. The Labute approximate surface area is 203 Å². The topological polar surface area (TPSA) is 138 Å². The molecule has 34 heavy (non-hydrogen) atoms. The van der Waals surface area contributed by atoms with Gasteiger partial charge in [-0.25, -0.2) is 28.1 Å². The Morgan fingerprint density at radius 2 is 1.62 bits per heavy atom. The molecule has 1 aromatic carbocycles. The highest BCUT2D eigenvalue weighted by atomic mass is 32.2. The Balaban J connectivity index is 1.66. The first-order valence-corrected chi connectivity index (χ1v) is 12.7. The van der Waals surface area contributed by atoms with Crippen molar-refractivity contribution in [2.45, 2.75) is 44.5 Å². The van der Waals surface area contributed by atoms with Crippen LogP contribution < -0.4 is 10.0 Å². The number of carbonyl (C=O) groups is 1. The monoisotopic (exact) mass is 496 g/mol. The van der Waals surface area contributed by atoms with E-state index in [1.54, 1.807) is 19.9 Å². The van der Waals surface area contributed by atoms with E-state index >= 15 is 0 Å². The minimum atomic E-state index is -3.89. The molecule has 0 fully saturated rings. The summed E-state index contributed by atoms with van der Waals surface area (Å²) in [6.07, 6.45) is 0. The lowest BCUT2D eigenvalue weighted by molar-refractivity contribution is -0.113. The van der Waals surface area contributed by atoms with E-state index in [1.807, 2.05) is 20.8 Å². The van der Waals surface area contributed by atoms with Crippen LogP contribution >= 0.6 is 11.8 Å². The quantitative estimate of drug-likeness (QED) is 0.471. The number of benzene rings is 1. The molecule has 3 aromatic rings. The number of pyridine rings is 1. The van der Waals surface area contributed by atoms with E-state index in [4.69, 9.17) is 0 Å². The summed E-state index contributed by atoms with van der Waals surface area (Å²) >= 11 is 1.18. The Morgan fingerprint density at radius 3 is 2.21 bits per heavy atom. The van der Waals surface area contributed by atoms with Gasteiger partial charge in [0.2, 0.25) is 11.9 Å². The molecule has 0 aliphatic rings. The molecular weight excluding hydrogens is 472 g/mol. The predicted octanol–water partition coefficient (Wildman–Crippen LogP) is 3.82. The lowest BCUT2D eigenvalue weighted by atomic mass is 10.1. The summed E-state index contributed by atoms with van der Waals surface area (Å²) in [4.78, 5) is 25.1. The molecule has 0 saturated carbocycles. The molecule has 3 rings (SSSR count). The predicted molar refractivity (Wildman–Crippen MR) is 131 cm³/mol. The third-order valence-corrected chi connectivity index (χ3v) is 7.39. The van der Waals surface area contributed by atoms with E-state index < -0.39 is 10.0 Å². The fraction of sp³-hybridized carbons (Fsp3) is 0.261. The van der Waals surface area contributed by atoms with E-state index in [-0.39, 0.29) is 22.5 Å². The van der Waals surface area contributed by atoms with E-state index in [0.717, 1.165) is 16.8 Å². The van der Waals surface area contributed by atoms with Crippen LogP contribution in [-0.4, -0.2) is 35.0 Å². The first-order chi connectivity index (χ1) is 16.0. The van der Waals surface area contributed by atoms with Gasteiger partial charge in [0.25, 0.3) is 10.0 Å². The van der Waals surface area contributed by atoms with Gasteiger partial charge in [0, 0.05) is 22.8 Å². The fourth-order valence-electron chi connectivity index (χ4n) is 3.15. The molecule has 2 heterocycles. The fourth-order valence-corrected chi connectivity index (χ4v) is 4.97. The lowest BCUT2D eigenvalue weighted by Crippen LogP contribution is -2.17. The highest BCUT2D eigenvalue weighted by Gasteiger charge is 2.17. The Morgan fingerprint density at radius 1 is 1.00 bits per heavy atom. The van der Waals surface area contributed by atoms with Crippen molar-refractivity contribution in [1.29, 1.82) is 5.26 Å². The summed E-state index contributed by atoms with van der Waals surface area (Å²) in [5.74, 6) is -0.252. The van der Waals surface area contributed by atoms with Gasteiger partial charge in [-0.2, -0.15) is 5.26 Å². The second-order valence-corrected chi connectivity index (χ2v) is 10.3. The number of rotatable bonds is 7. The molecule has 2 aromatic heterocycles. The van der Waals surface area contributed by atoms with E-state index in [9.17, 15) is 18.5 Å². The van der Waals surface area contributed by atoms with Crippen molar-refractivity contribution in [2.75, 3.05) is 15.8 Å². The molecule has 176 valence electrons. The van der Waals surface area contributed by atoms with Crippen LogP contribution in [0.2, 0.25) is 0 Å². The number of thioether (sulfide) groups is 1. The zero-order valence-electron chi connectivity index (χ0n) is 19.4. The van der Waals surface area contributed by atoms with Crippen LogP contribution in [-0.2, 0) is 14.8 Å². The maximum Gasteiger partial charge on any atom is 0.264 e. The van der Waals surface area contributed by atoms with Crippen LogP contribution in [0.1, 0.15) is 33.8 Å². The van der Waals surface area contributed by atoms with Crippen LogP contribution in [0.15, 0.2) is 40.3 Å². The Kier molecular flexibility index (Phi) is 7.54. The molecule has 0 aliphatic carbocycles. The summed E-state index contributed by atoms with van der Waals surface area (Å²) in [6, 6.07) is 9.67. The highest BCUT2D eigenvalue weighted by Crippen LogP contribution is 2.26. The van der Waals surface area contributed by atoms with Crippen molar-refractivity contribution in [1.82, 2.24) is 15.0 Å². The molecular formula is C23H24N6O3S2. The van der Waals surface area contributed by atoms with Crippen LogP contribution in [0.4, 0.5) is 11.6 Å². The average Bonchev–Trinajstić information content (AvgIpc) is 2.75. The second kappa shape index (κ2) is 10.2. The summed E-state index contributed by atoms with van der Waals surface area (Å²) in [5, 5.41) is 12.7. The second-order valence-electron chi connectivity index (χ2n) is 7.68. The number of aryl methyl sites for hydroxylation is 3. The summed E-state index contributed by atoms with van der Waals surface area (Å²) in [6.45, 7) is 9.14. The third-order valence-electron chi connectivity index (χ3n) is 5.07. The Hall–Kier alpha value is -3.49. The zero-order chi connectivity index (χ0) is 25.0. The van der Waals surface area contributed by atoms with Crippen molar-refractivity contribution < 1.29 is 13.2 Å². The van der Waals surface area contributed by atoms with Gasteiger partial charge < -0.3 is 5.32 Å². The normalized spacial score (nSPS) is 11.1. The molecule has 0 aliphatic heterocycles. The van der Waals surface area contributed by atoms with Crippen molar-refractivity contribution in [3.05, 3.63) is 64.1 Å². The van der Waals surface area contributed by atoms with Gasteiger partial charge >= 0.3 is 0 Å². The third kappa shape index (κ3) is 5.89. The molecule has 0 bridgehead atoms. The van der Waals surface area contributed by atoms with Gasteiger partial charge in [-0.3, -0.25) is 4.79 Å². The number of carbonyl (C=O) groups excluding carboxylic acids is 1. The van der Waals surface area contributed by atoms with Gasteiger partial charge in [0.1, 0.15) is 11.1 Å². The SMILES string of the molecule is Cc1cc(C)nc(NS(=O)(=O)c2ccc(NC(=O)CSc3nc(C)c(C)c(C)c3C#N)cc2)n1. The van der Waals surface area contributed by atoms with Gasteiger partial charge in [0.15, 0.2) is 0 Å². The molecule has 0 unspecified atom stereocenters. The van der Waals surface area contributed by atoms with Crippen molar-refractivity contribution in [2.24, 2.45) is 0 Å². The minimum absolute atomic E-state index is 0.00108. The molecule has 0 saturated heterocycles. The van der Waals surface area contributed by atoms with E-state index in [1.165, 1.54) is 36.0 Å². The van der Waals surface area contributed by atoms with Gasteiger partial charge in [-0.1, -0.05) is 11.8 Å². The minimum Gasteiger partial charge on any atom is -0.325 e. The summed E-state index contributed by atoms with van der Waals surface area (Å²) in [7, 11) is -3.89. The van der Waals surface area contributed by atoms with Gasteiger partial charge in [0.05, 0.1) is 16.2 Å². The van der Waals surface area contributed by atoms with Crippen LogP contribution in [0.25, 0.3) is 0 Å². The number of nitrogens with zero attached hydrogens (tertiary/aromatic N) is 4. The van der Waals surface area contributed by atoms with Crippen molar-refractivity contribution in [3.8, 4) is 6.07 Å². The maximum atomic E-state index is 12.6. The molecule has 0 radical (unpaired) electrons. The van der Waals surface area contributed by atoms with Crippen LogP contribution in [0.5, 0.6) is 0 Å². The average molecular weight is 497 g/mol. The van der Waals surface area contributed by atoms with Crippen LogP contribution in [0.3, 0.4) is 0 Å². The molecule has 1 amide bonds. The Bertz CT molecular complexity index is 1380.